The summed E-state index contributed by atoms with van der Waals surface area (Å²) in [5.74, 6) is 0. The van der Waals surface area contributed by atoms with Crippen molar-refractivity contribution in [3.8, 4) is 0 Å². The largest absolute Gasteiger partial charge is 0.308 e. The SMILES string of the molecule is C=CCCC(C)NC(C)c1ccc(SC)cc1. The highest BCUT2D eigenvalue weighted by Crippen LogP contribution is 2.19. The lowest BCUT2D eigenvalue weighted by atomic mass is 10.1. The summed E-state index contributed by atoms with van der Waals surface area (Å²) < 4.78 is 0. The van der Waals surface area contributed by atoms with Crippen LogP contribution in [0.5, 0.6) is 0 Å². The van der Waals surface area contributed by atoms with Crippen LogP contribution in [0.3, 0.4) is 0 Å². The van der Waals surface area contributed by atoms with E-state index in [4.69, 9.17) is 0 Å². The lowest BCUT2D eigenvalue weighted by Crippen LogP contribution is -2.28. The third-order valence-corrected chi connectivity index (χ3v) is 3.70. The average molecular weight is 249 g/mol. The van der Waals surface area contributed by atoms with Gasteiger partial charge in [0.05, 0.1) is 0 Å². The van der Waals surface area contributed by atoms with Gasteiger partial charge < -0.3 is 5.32 Å². The number of nitrogens with one attached hydrogen (secondary N) is 1. The maximum Gasteiger partial charge on any atom is 0.0294 e. The molecular weight excluding hydrogens is 226 g/mol. The van der Waals surface area contributed by atoms with Crippen LogP contribution in [0, 0.1) is 0 Å². The van der Waals surface area contributed by atoms with Gasteiger partial charge >= 0.3 is 0 Å². The Morgan fingerprint density at radius 2 is 1.94 bits per heavy atom. The molecule has 17 heavy (non-hydrogen) atoms. The van der Waals surface area contributed by atoms with Crippen molar-refractivity contribution in [2.45, 2.75) is 43.7 Å². The lowest BCUT2D eigenvalue weighted by molar-refractivity contribution is 0.459. The zero-order valence-electron chi connectivity index (χ0n) is 11.1. The Balaban J connectivity index is 2.50. The molecule has 1 aromatic rings. The summed E-state index contributed by atoms with van der Waals surface area (Å²) in [6.07, 6.45) is 6.31. The minimum absolute atomic E-state index is 0.408. The minimum Gasteiger partial charge on any atom is -0.308 e. The number of allylic oxidation sites excluding steroid dienone is 1. The summed E-state index contributed by atoms with van der Waals surface area (Å²) in [5.41, 5.74) is 1.35. The van der Waals surface area contributed by atoms with Crippen LogP contribution in [0.25, 0.3) is 0 Å². The summed E-state index contributed by atoms with van der Waals surface area (Å²) in [6, 6.07) is 9.74. The van der Waals surface area contributed by atoms with Gasteiger partial charge in [-0.1, -0.05) is 18.2 Å². The summed E-state index contributed by atoms with van der Waals surface area (Å²) >= 11 is 1.78. The molecule has 0 radical (unpaired) electrons. The minimum atomic E-state index is 0.408. The zero-order valence-corrected chi connectivity index (χ0v) is 11.9. The van der Waals surface area contributed by atoms with E-state index in [1.54, 1.807) is 11.8 Å². The summed E-state index contributed by atoms with van der Waals surface area (Å²) in [4.78, 5) is 1.32. The highest BCUT2D eigenvalue weighted by atomic mass is 32.2. The molecule has 2 atom stereocenters. The van der Waals surface area contributed by atoms with Crippen LogP contribution >= 0.6 is 11.8 Å². The number of rotatable bonds is 7. The molecule has 0 saturated carbocycles. The topological polar surface area (TPSA) is 12.0 Å². The van der Waals surface area contributed by atoms with E-state index < -0.39 is 0 Å². The quantitative estimate of drug-likeness (QED) is 0.567. The molecule has 0 aromatic heterocycles. The van der Waals surface area contributed by atoms with Gasteiger partial charge in [0.15, 0.2) is 0 Å². The molecule has 0 heterocycles. The fourth-order valence-electron chi connectivity index (χ4n) is 1.87. The second-order valence-electron chi connectivity index (χ2n) is 4.43. The van der Waals surface area contributed by atoms with Crippen LogP contribution in [0.1, 0.15) is 38.3 Å². The Morgan fingerprint density at radius 3 is 2.47 bits per heavy atom. The van der Waals surface area contributed by atoms with Crippen molar-refractivity contribution in [1.29, 1.82) is 0 Å². The predicted molar refractivity (Wildman–Crippen MR) is 78.7 cm³/mol. The van der Waals surface area contributed by atoms with E-state index in [1.165, 1.54) is 10.5 Å². The number of benzene rings is 1. The third-order valence-electron chi connectivity index (χ3n) is 2.95. The van der Waals surface area contributed by atoms with E-state index in [9.17, 15) is 0 Å². The Labute approximate surface area is 110 Å². The van der Waals surface area contributed by atoms with Crippen LogP contribution < -0.4 is 5.32 Å². The molecule has 0 fully saturated rings. The van der Waals surface area contributed by atoms with Gasteiger partial charge in [0.25, 0.3) is 0 Å². The molecule has 0 amide bonds. The van der Waals surface area contributed by atoms with Crippen molar-refractivity contribution < 1.29 is 0 Å². The fraction of sp³-hybridized carbons (Fsp3) is 0.467. The monoisotopic (exact) mass is 249 g/mol. The molecule has 1 rings (SSSR count). The molecule has 2 heteroatoms. The summed E-state index contributed by atoms with van der Waals surface area (Å²) in [5, 5.41) is 3.61. The van der Waals surface area contributed by atoms with Crippen LogP contribution in [0.2, 0.25) is 0 Å². The van der Waals surface area contributed by atoms with Crippen LogP contribution in [-0.4, -0.2) is 12.3 Å². The molecule has 0 aliphatic rings. The summed E-state index contributed by atoms with van der Waals surface area (Å²) in [6.45, 7) is 8.21. The van der Waals surface area contributed by atoms with Gasteiger partial charge in [-0.2, -0.15) is 0 Å². The van der Waals surface area contributed by atoms with Gasteiger partial charge in [-0.3, -0.25) is 0 Å². The molecule has 0 aliphatic carbocycles. The van der Waals surface area contributed by atoms with Gasteiger partial charge in [-0.05, 0) is 50.6 Å². The van der Waals surface area contributed by atoms with E-state index in [1.807, 2.05) is 6.08 Å². The van der Waals surface area contributed by atoms with Gasteiger partial charge in [0, 0.05) is 17.0 Å². The highest BCUT2D eigenvalue weighted by Gasteiger charge is 2.08. The Hall–Kier alpha value is -0.730. The average Bonchev–Trinajstić information content (AvgIpc) is 2.36. The Morgan fingerprint density at radius 1 is 1.29 bits per heavy atom. The molecule has 2 unspecified atom stereocenters. The van der Waals surface area contributed by atoms with Crippen molar-refractivity contribution in [3.05, 3.63) is 42.5 Å². The summed E-state index contributed by atoms with van der Waals surface area (Å²) in [7, 11) is 0. The first-order valence-corrected chi connectivity index (χ1v) is 7.40. The van der Waals surface area contributed by atoms with E-state index in [0.717, 1.165) is 12.8 Å². The van der Waals surface area contributed by atoms with Crippen molar-refractivity contribution in [2.75, 3.05) is 6.26 Å². The van der Waals surface area contributed by atoms with Crippen molar-refractivity contribution in [1.82, 2.24) is 5.32 Å². The number of hydrogen-bond donors (Lipinski definition) is 1. The smallest absolute Gasteiger partial charge is 0.0294 e. The van der Waals surface area contributed by atoms with Gasteiger partial charge in [0.2, 0.25) is 0 Å². The molecule has 1 aromatic carbocycles. The second kappa shape index (κ2) is 7.57. The second-order valence-corrected chi connectivity index (χ2v) is 5.31. The molecule has 0 saturated heterocycles. The standard InChI is InChI=1S/C15H23NS/c1-5-6-7-12(2)16-13(3)14-8-10-15(17-4)11-9-14/h5,8-13,16H,1,6-7H2,2-4H3. The van der Waals surface area contributed by atoms with E-state index in [0.29, 0.717) is 12.1 Å². The molecular formula is C15H23NS. The van der Waals surface area contributed by atoms with E-state index in [-0.39, 0.29) is 0 Å². The normalized spacial score (nSPS) is 14.3. The van der Waals surface area contributed by atoms with Gasteiger partial charge in [-0.15, -0.1) is 18.3 Å². The first-order chi connectivity index (χ1) is 8.17. The number of thioether (sulfide) groups is 1. The Kier molecular flexibility index (Phi) is 6.38. The highest BCUT2D eigenvalue weighted by molar-refractivity contribution is 7.98. The molecule has 1 N–H and O–H groups in total. The molecule has 1 nitrogen and oxygen atoms in total. The Bertz CT molecular complexity index is 331. The van der Waals surface area contributed by atoms with E-state index in [2.05, 4.69) is 56.3 Å². The third kappa shape index (κ3) is 4.97. The number of hydrogen-bond acceptors (Lipinski definition) is 2. The zero-order chi connectivity index (χ0) is 12.7. The van der Waals surface area contributed by atoms with Crippen molar-refractivity contribution >= 4 is 11.8 Å². The van der Waals surface area contributed by atoms with Gasteiger partial charge in [-0.25, -0.2) is 0 Å². The molecule has 0 bridgehead atoms. The molecule has 0 aliphatic heterocycles. The maximum atomic E-state index is 3.76. The maximum absolute atomic E-state index is 3.76. The van der Waals surface area contributed by atoms with Crippen molar-refractivity contribution in [2.24, 2.45) is 0 Å². The molecule has 94 valence electrons. The van der Waals surface area contributed by atoms with E-state index >= 15 is 0 Å². The van der Waals surface area contributed by atoms with Crippen LogP contribution in [0.4, 0.5) is 0 Å². The fourth-order valence-corrected chi connectivity index (χ4v) is 2.28. The first kappa shape index (κ1) is 14.3. The van der Waals surface area contributed by atoms with Crippen LogP contribution in [-0.2, 0) is 0 Å². The van der Waals surface area contributed by atoms with Crippen molar-refractivity contribution in [3.63, 3.8) is 0 Å². The van der Waals surface area contributed by atoms with Gasteiger partial charge in [0.1, 0.15) is 0 Å². The molecule has 0 spiro atoms. The first-order valence-electron chi connectivity index (χ1n) is 6.18. The predicted octanol–water partition coefficient (Wildman–Crippen LogP) is 4.41. The van der Waals surface area contributed by atoms with Crippen LogP contribution in [0.15, 0.2) is 41.8 Å². The lowest BCUT2D eigenvalue weighted by Gasteiger charge is -2.20.